The Kier molecular flexibility index (Phi) is 2.68. The average molecular weight is 210 g/mol. The minimum absolute atomic E-state index is 0.144. The minimum Gasteiger partial charge on any atom is -0.339 e. The van der Waals surface area contributed by atoms with E-state index in [1.165, 1.54) is 0 Å². The van der Waals surface area contributed by atoms with Crippen LogP contribution in [-0.2, 0) is 0 Å². The first-order valence-electron chi connectivity index (χ1n) is 5.00. The molecule has 2 heterocycles. The monoisotopic (exact) mass is 210 g/mol. The van der Waals surface area contributed by atoms with E-state index >= 15 is 0 Å². The number of nitrogens with zero attached hydrogens (tertiary/aromatic N) is 3. The number of carbonyl (C=O) groups is 1. The molecule has 2 rings (SSSR count). The van der Waals surface area contributed by atoms with Crippen LogP contribution in [0.25, 0.3) is 0 Å². The number of hydrogen-bond acceptors (Lipinski definition) is 5. The second-order valence-corrected chi connectivity index (χ2v) is 3.78. The zero-order valence-corrected chi connectivity index (χ0v) is 8.64. The molecule has 6 heteroatoms. The van der Waals surface area contributed by atoms with Crippen LogP contribution in [0.4, 0.5) is 0 Å². The molecule has 1 amide bonds. The molecule has 1 aliphatic rings. The molecule has 1 saturated heterocycles. The van der Waals surface area contributed by atoms with E-state index in [9.17, 15) is 4.79 Å². The zero-order valence-electron chi connectivity index (χ0n) is 8.64. The summed E-state index contributed by atoms with van der Waals surface area (Å²) in [6.07, 6.45) is 0.957. The van der Waals surface area contributed by atoms with Gasteiger partial charge in [-0.3, -0.25) is 4.79 Å². The van der Waals surface area contributed by atoms with Crippen LogP contribution in [0.1, 0.15) is 22.9 Å². The van der Waals surface area contributed by atoms with E-state index in [4.69, 9.17) is 10.3 Å². The molecule has 1 aromatic rings. The number of rotatable bonds is 2. The lowest BCUT2D eigenvalue weighted by Gasteiger charge is -2.13. The van der Waals surface area contributed by atoms with Gasteiger partial charge in [0.1, 0.15) is 0 Å². The Bertz CT molecular complexity index is 363. The van der Waals surface area contributed by atoms with Crippen molar-refractivity contribution in [3.63, 3.8) is 0 Å². The van der Waals surface area contributed by atoms with Crippen molar-refractivity contribution in [1.29, 1.82) is 0 Å². The van der Waals surface area contributed by atoms with Crippen LogP contribution in [0.3, 0.4) is 0 Å². The molecule has 0 bridgehead atoms. The third-order valence-corrected chi connectivity index (χ3v) is 2.63. The Morgan fingerprint density at radius 3 is 3.07 bits per heavy atom. The van der Waals surface area contributed by atoms with Crippen molar-refractivity contribution in [3.05, 3.63) is 11.7 Å². The van der Waals surface area contributed by atoms with E-state index in [1.807, 2.05) is 0 Å². The molecule has 0 aliphatic carbocycles. The van der Waals surface area contributed by atoms with Gasteiger partial charge in [-0.2, -0.15) is 4.98 Å². The maximum atomic E-state index is 11.8. The molecule has 0 aromatic carbocycles. The van der Waals surface area contributed by atoms with E-state index in [1.54, 1.807) is 11.8 Å². The molecule has 1 atom stereocenters. The highest BCUT2D eigenvalue weighted by Crippen LogP contribution is 2.16. The summed E-state index contributed by atoms with van der Waals surface area (Å²) in [4.78, 5) is 17.5. The molecule has 0 saturated carbocycles. The zero-order chi connectivity index (χ0) is 10.8. The van der Waals surface area contributed by atoms with E-state index < -0.39 is 0 Å². The van der Waals surface area contributed by atoms with Gasteiger partial charge in [-0.1, -0.05) is 5.16 Å². The Balaban J connectivity index is 2.03. The smallest absolute Gasteiger partial charge is 0.295 e. The summed E-state index contributed by atoms with van der Waals surface area (Å²) < 4.78 is 4.77. The molecule has 15 heavy (non-hydrogen) atoms. The largest absolute Gasteiger partial charge is 0.339 e. The van der Waals surface area contributed by atoms with Crippen LogP contribution < -0.4 is 5.73 Å². The summed E-state index contributed by atoms with van der Waals surface area (Å²) >= 11 is 0. The van der Waals surface area contributed by atoms with Gasteiger partial charge in [-0.05, 0) is 18.9 Å². The molecule has 0 spiro atoms. The third-order valence-electron chi connectivity index (χ3n) is 2.63. The van der Waals surface area contributed by atoms with E-state index in [-0.39, 0.29) is 11.7 Å². The van der Waals surface area contributed by atoms with E-state index in [2.05, 4.69) is 10.1 Å². The van der Waals surface area contributed by atoms with Crippen LogP contribution in [0.5, 0.6) is 0 Å². The lowest BCUT2D eigenvalue weighted by molar-refractivity contribution is 0.0772. The number of likely N-dealkylation sites (tertiary alicyclic amines) is 1. The number of hydrogen-bond donors (Lipinski definition) is 1. The van der Waals surface area contributed by atoms with Crippen LogP contribution >= 0.6 is 0 Å². The Labute approximate surface area is 87.4 Å². The fourth-order valence-corrected chi connectivity index (χ4v) is 1.74. The van der Waals surface area contributed by atoms with Crippen molar-refractivity contribution in [2.45, 2.75) is 13.3 Å². The number of carbonyl (C=O) groups excluding carboxylic acids is 1. The first kappa shape index (κ1) is 10.1. The Hall–Kier alpha value is -1.43. The minimum atomic E-state index is -0.164. The fourth-order valence-electron chi connectivity index (χ4n) is 1.74. The molecule has 6 nitrogen and oxygen atoms in total. The first-order valence-corrected chi connectivity index (χ1v) is 5.00. The maximum Gasteiger partial charge on any atom is 0.295 e. The second kappa shape index (κ2) is 3.98. The lowest BCUT2D eigenvalue weighted by Crippen LogP contribution is -2.30. The van der Waals surface area contributed by atoms with Gasteiger partial charge in [0.2, 0.25) is 5.89 Å². The Morgan fingerprint density at radius 1 is 1.73 bits per heavy atom. The highest BCUT2D eigenvalue weighted by atomic mass is 16.5. The average Bonchev–Trinajstić information content (AvgIpc) is 2.84. The summed E-state index contributed by atoms with van der Waals surface area (Å²) in [7, 11) is 0. The lowest BCUT2D eigenvalue weighted by atomic mass is 10.1. The van der Waals surface area contributed by atoms with Gasteiger partial charge >= 0.3 is 0 Å². The van der Waals surface area contributed by atoms with Gasteiger partial charge in [-0.25, -0.2) is 0 Å². The number of amides is 1. The summed E-state index contributed by atoms with van der Waals surface area (Å²) in [5.74, 6) is 0.794. The molecule has 82 valence electrons. The van der Waals surface area contributed by atoms with E-state index in [0.29, 0.717) is 24.9 Å². The predicted octanol–water partition coefficient (Wildman–Crippen LogP) is -0.201. The topological polar surface area (TPSA) is 85.2 Å². The highest BCUT2D eigenvalue weighted by molar-refractivity contribution is 5.90. The SMILES string of the molecule is Cc1nc(C(=O)N2CCC(CN)C2)no1. The van der Waals surface area contributed by atoms with Gasteiger partial charge in [0.05, 0.1) is 0 Å². The third kappa shape index (κ3) is 1.99. The van der Waals surface area contributed by atoms with Gasteiger partial charge in [0.15, 0.2) is 0 Å². The van der Waals surface area contributed by atoms with Crippen molar-refractivity contribution in [1.82, 2.24) is 15.0 Å². The van der Waals surface area contributed by atoms with Crippen molar-refractivity contribution in [3.8, 4) is 0 Å². The molecular formula is C9H14N4O2. The molecule has 1 aliphatic heterocycles. The number of aryl methyl sites for hydroxylation is 1. The standard InChI is InChI=1S/C9H14N4O2/c1-6-11-8(12-15-6)9(14)13-3-2-7(4-10)5-13/h7H,2-5,10H2,1H3. The van der Waals surface area contributed by atoms with Gasteiger partial charge in [0, 0.05) is 20.0 Å². The molecular weight excluding hydrogens is 196 g/mol. The molecule has 1 fully saturated rings. The predicted molar refractivity (Wildman–Crippen MR) is 52.1 cm³/mol. The van der Waals surface area contributed by atoms with E-state index in [0.717, 1.165) is 13.0 Å². The van der Waals surface area contributed by atoms with Crippen molar-refractivity contribution < 1.29 is 9.32 Å². The van der Waals surface area contributed by atoms with Crippen molar-refractivity contribution in [2.75, 3.05) is 19.6 Å². The maximum absolute atomic E-state index is 11.8. The van der Waals surface area contributed by atoms with Crippen LogP contribution in [0.15, 0.2) is 4.52 Å². The Morgan fingerprint density at radius 2 is 2.53 bits per heavy atom. The molecule has 0 radical (unpaired) electrons. The second-order valence-electron chi connectivity index (χ2n) is 3.78. The molecule has 1 aromatic heterocycles. The number of aromatic nitrogens is 2. The summed E-state index contributed by atoms with van der Waals surface area (Å²) in [5, 5.41) is 3.60. The van der Waals surface area contributed by atoms with Gasteiger partial charge < -0.3 is 15.2 Å². The van der Waals surface area contributed by atoms with Crippen molar-refractivity contribution >= 4 is 5.91 Å². The van der Waals surface area contributed by atoms with Gasteiger partial charge in [0.25, 0.3) is 11.7 Å². The first-order chi connectivity index (χ1) is 7.20. The molecule has 2 N–H and O–H groups in total. The summed E-state index contributed by atoms with van der Waals surface area (Å²) in [6, 6.07) is 0. The fraction of sp³-hybridized carbons (Fsp3) is 0.667. The summed E-state index contributed by atoms with van der Waals surface area (Å²) in [5.41, 5.74) is 5.55. The van der Waals surface area contributed by atoms with Crippen molar-refractivity contribution in [2.24, 2.45) is 11.7 Å². The van der Waals surface area contributed by atoms with Crippen LogP contribution in [-0.4, -0.2) is 40.6 Å². The quantitative estimate of drug-likeness (QED) is 0.730. The summed E-state index contributed by atoms with van der Waals surface area (Å²) in [6.45, 7) is 3.71. The van der Waals surface area contributed by atoms with Crippen LogP contribution in [0, 0.1) is 12.8 Å². The van der Waals surface area contributed by atoms with Crippen LogP contribution in [0.2, 0.25) is 0 Å². The number of nitrogens with two attached hydrogens (primary N) is 1. The normalized spacial score (nSPS) is 20.9. The highest BCUT2D eigenvalue weighted by Gasteiger charge is 2.28. The van der Waals surface area contributed by atoms with Gasteiger partial charge in [-0.15, -0.1) is 0 Å². The molecule has 1 unspecified atom stereocenters.